The van der Waals surface area contributed by atoms with Crippen molar-refractivity contribution in [1.29, 1.82) is 0 Å². The van der Waals surface area contributed by atoms with Crippen LogP contribution in [-0.4, -0.2) is 64.5 Å². The minimum Gasteiger partial charge on any atom is -0.461 e. The number of amides is 1. The normalized spacial score (nSPS) is 14.3. The lowest BCUT2D eigenvalue weighted by Crippen LogP contribution is -2.36. The summed E-state index contributed by atoms with van der Waals surface area (Å²) in [6.07, 6.45) is 3.88. The predicted molar refractivity (Wildman–Crippen MR) is 130 cm³/mol. The third kappa shape index (κ3) is 5.20. The molecule has 0 aliphatic carbocycles. The van der Waals surface area contributed by atoms with Crippen molar-refractivity contribution in [3.05, 3.63) is 56.4 Å². The number of hydrogen-bond acceptors (Lipinski definition) is 7. The fraction of sp³-hybridized carbons (Fsp3) is 0.318. The lowest BCUT2D eigenvalue weighted by atomic mass is 10.2. The molecule has 1 fully saturated rings. The summed E-state index contributed by atoms with van der Waals surface area (Å²) in [5, 5.41) is 0.676. The highest BCUT2D eigenvalue weighted by molar-refractivity contribution is 9.10. The Morgan fingerprint density at radius 3 is 2.45 bits per heavy atom. The van der Waals surface area contributed by atoms with Crippen LogP contribution < -0.4 is 4.90 Å². The second-order valence-corrected chi connectivity index (χ2v) is 9.13. The molecule has 11 heteroatoms. The van der Waals surface area contributed by atoms with Crippen molar-refractivity contribution < 1.29 is 14.3 Å². The lowest BCUT2D eigenvalue weighted by Gasteiger charge is -2.24. The van der Waals surface area contributed by atoms with Crippen LogP contribution in [0, 0.1) is 0 Å². The van der Waals surface area contributed by atoms with Gasteiger partial charge in [-0.3, -0.25) is 9.78 Å². The van der Waals surface area contributed by atoms with E-state index in [1.54, 1.807) is 42.4 Å². The molecule has 3 aromatic rings. The van der Waals surface area contributed by atoms with Gasteiger partial charge in [0.2, 0.25) is 0 Å². The summed E-state index contributed by atoms with van der Waals surface area (Å²) in [5.74, 6) is -0.259. The number of nitrogens with zero attached hydrogens (tertiary/aromatic N) is 5. The molecular weight excluding hydrogens is 533 g/mol. The van der Waals surface area contributed by atoms with Gasteiger partial charge in [-0.25, -0.2) is 14.8 Å². The van der Waals surface area contributed by atoms with Gasteiger partial charge in [-0.15, -0.1) is 0 Å². The number of pyridine rings is 1. The van der Waals surface area contributed by atoms with E-state index in [0.717, 1.165) is 4.47 Å². The van der Waals surface area contributed by atoms with E-state index in [1.807, 2.05) is 4.90 Å². The Hall–Kier alpha value is -2.49. The van der Waals surface area contributed by atoms with Crippen molar-refractivity contribution in [1.82, 2.24) is 19.9 Å². The Morgan fingerprint density at radius 1 is 1.03 bits per heavy atom. The standard InChI is InChI=1S/C22H20BrCl2N5O3/c1-2-33-22(32)19-20(28-18-10-16(25)15(24)9-17(18)27-19)29-4-3-5-30(7-6-29)21(31)13-8-14(23)12-26-11-13/h8-12H,2-7H2,1H3. The second-order valence-electron chi connectivity index (χ2n) is 7.40. The number of carbonyl (C=O) groups is 2. The number of halogens is 3. The Kier molecular flexibility index (Phi) is 7.31. The molecule has 1 saturated heterocycles. The predicted octanol–water partition coefficient (Wildman–Crippen LogP) is 4.62. The van der Waals surface area contributed by atoms with Gasteiger partial charge in [-0.1, -0.05) is 23.2 Å². The first kappa shape index (κ1) is 23.7. The molecule has 0 radical (unpaired) electrons. The Morgan fingerprint density at radius 2 is 1.76 bits per heavy atom. The van der Waals surface area contributed by atoms with Gasteiger partial charge in [0.05, 0.1) is 33.2 Å². The third-order valence-corrected chi connectivity index (χ3v) is 6.35. The molecule has 1 aliphatic heterocycles. The molecule has 0 bridgehead atoms. The van der Waals surface area contributed by atoms with Gasteiger partial charge < -0.3 is 14.5 Å². The van der Waals surface area contributed by atoms with Crippen molar-refractivity contribution in [2.75, 3.05) is 37.7 Å². The van der Waals surface area contributed by atoms with Gasteiger partial charge >= 0.3 is 5.97 Å². The molecular formula is C22H20BrCl2N5O3. The quantitative estimate of drug-likeness (QED) is 0.436. The smallest absolute Gasteiger partial charge is 0.360 e. The van der Waals surface area contributed by atoms with Gasteiger partial charge in [-0.2, -0.15) is 0 Å². The molecule has 0 saturated carbocycles. The SMILES string of the molecule is CCOC(=O)c1nc2cc(Cl)c(Cl)cc2nc1N1CCCN(C(=O)c2cncc(Br)c2)CC1. The molecule has 1 amide bonds. The lowest BCUT2D eigenvalue weighted by molar-refractivity contribution is 0.0520. The van der Waals surface area contributed by atoms with Crippen LogP contribution in [0.4, 0.5) is 5.82 Å². The summed E-state index contributed by atoms with van der Waals surface area (Å²) >= 11 is 15.7. The van der Waals surface area contributed by atoms with Gasteiger partial charge in [0, 0.05) is 43.0 Å². The summed E-state index contributed by atoms with van der Waals surface area (Å²) in [5.41, 5.74) is 1.59. The summed E-state index contributed by atoms with van der Waals surface area (Å²) in [4.78, 5) is 42.7. The van der Waals surface area contributed by atoms with Gasteiger partial charge in [0.15, 0.2) is 11.5 Å². The molecule has 1 aliphatic rings. The number of esters is 1. The van der Waals surface area contributed by atoms with Crippen molar-refractivity contribution in [2.24, 2.45) is 0 Å². The van der Waals surface area contributed by atoms with E-state index in [9.17, 15) is 9.59 Å². The maximum atomic E-state index is 13.0. The van der Waals surface area contributed by atoms with Crippen molar-refractivity contribution in [3.8, 4) is 0 Å². The van der Waals surface area contributed by atoms with Crippen LogP contribution in [0.1, 0.15) is 34.2 Å². The largest absolute Gasteiger partial charge is 0.461 e. The minimum atomic E-state index is -0.564. The van der Waals surface area contributed by atoms with E-state index in [1.165, 1.54) is 0 Å². The molecule has 0 N–H and O–H groups in total. The van der Waals surface area contributed by atoms with Crippen molar-refractivity contribution >= 4 is 67.9 Å². The van der Waals surface area contributed by atoms with Crippen LogP contribution in [-0.2, 0) is 4.74 Å². The summed E-state index contributed by atoms with van der Waals surface area (Å²) < 4.78 is 5.96. The highest BCUT2D eigenvalue weighted by Gasteiger charge is 2.26. The Labute approximate surface area is 209 Å². The van der Waals surface area contributed by atoms with E-state index in [4.69, 9.17) is 27.9 Å². The third-order valence-electron chi connectivity index (χ3n) is 5.19. The summed E-state index contributed by atoms with van der Waals surface area (Å²) in [7, 11) is 0. The van der Waals surface area contributed by atoms with Crippen LogP contribution in [0.3, 0.4) is 0 Å². The average Bonchev–Trinajstić information content (AvgIpc) is 3.05. The van der Waals surface area contributed by atoms with Gasteiger partial charge in [0.1, 0.15) is 0 Å². The first-order valence-corrected chi connectivity index (χ1v) is 11.9. The molecule has 172 valence electrons. The molecule has 0 atom stereocenters. The van der Waals surface area contributed by atoms with E-state index in [2.05, 4.69) is 30.9 Å². The van der Waals surface area contributed by atoms with Crippen LogP contribution in [0.2, 0.25) is 10.0 Å². The monoisotopic (exact) mass is 551 g/mol. The fourth-order valence-electron chi connectivity index (χ4n) is 3.64. The topological polar surface area (TPSA) is 88.5 Å². The van der Waals surface area contributed by atoms with Crippen LogP contribution in [0.5, 0.6) is 0 Å². The van der Waals surface area contributed by atoms with E-state index in [-0.39, 0.29) is 18.2 Å². The van der Waals surface area contributed by atoms with E-state index >= 15 is 0 Å². The highest BCUT2D eigenvalue weighted by Crippen LogP contribution is 2.29. The molecule has 1 aromatic carbocycles. The zero-order chi connectivity index (χ0) is 23.5. The molecule has 0 spiro atoms. The number of anilines is 1. The zero-order valence-electron chi connectivity index (χ0n) is 17.7. The number of ether oxygens (including phenoxy) is 1. The zero-order valence-corrected chi connectivity index (χ0v) is 20.8. The Balaban J connectivity index is 1.64. The maximum absolute atomic E-state index is 13.0. The molecule has 33 heavy (non-hydrogen) atoms. The number of benzene rings is 1. The molecule has 4 rings (SSSR count). The number of aromatic nitrogens is 3. The molecule has 2 aromatic heterocycles. The minimum absolute atomic E-state index is 0.0951. The summed E-state index contributed by atoms with van der Waals surface area (Å²) in [6, 6.07) is 4.95. The van der Waals surface area contributed by atoms with E-state index < -0.39 is 5.97 Å². The average molecular weight is 553 g/mol. The van der Waals surface area contributed by atoms with E-state index in [0.29, 0.717) is 65.1 Å². The summed E-state index contributed by atoms with van der Waals surface area (Å²) in [6.45, 7) is 4.03. The Bertz CT molecular complexity index is 1230. The highest BCUT2D eigenvalue weighted by atomic mass is 79.9. The molecule has 3 heterocycles. The first-order chi connectivity index (χ1) is 15.9. The number of carbonyl (C=O) groups excluding carboxylic acids is 2. The number of fused-ring (bicyclic) bond motifs is 1. The van der Waals surface area contributed by atoms with Crippen LogP contribution >= 0.6 is 39.1 Å². The van der Waals surface area contributed by atoms with Crippen LogP contribution in [0.25, 0.3) is 11.0 Å². The molecule has 0 unspecified atom stereocenters. The fourth-order valence-corrected chi connectivity index (χ4v) is 4.32. The van der Waals surface area contributed by atoms with Crippen molar-refractivity contribution in [3.63, 3.8) is 0 Å². The maximum Gasteiger partial charge on any atom is 0.360 e. The van der Waals surface area contributed by atoms with Crippen molar-refractivity contribution in [2.45, 2.75) is 13.3 Å². The van der Waals surface area contributed by atoms with Gasteiger partial charge in [-0.05, 0) is 47.5 Å². The number of hydrogen-bond donors (Lipinski definition) is 0. The first-order valence-electron chi connectivity index (χ1n) is 10.4. The number of rotatable bonds is 4. The van der Waals surface area contributed by atoms with Crippen LogP contribution in [0.15, 0.2) is 35.1 Å². The molecule has 8 nitrogen and oxygen atoms in total. The van der Waals surface area contributed by atoms with Gasteiger partial charge in [0.25, 0.3) is 5.91 Å². The second kappa shape index (κ2) is 10.2.